The summed E-state index contributed by atoms with van der Waals surface area (Å²) in [5, 5.41) is 0. The second-order valence-electron chi connectivity index (χ2n) is 8.56. The molecule has 9 heteroatoms. The van der Waals surface area contributed by atoms with Gasteiger partial charge in [-0.1, -0.05) is 48.6 Å². The smallest absolute Gasteiger partial charge is 0.243 e. The molecule has 2 aliphatic rings. The van der Waals surface area contributed by atoms with Gasteiger partial charge in [0, 0.05) is 39.3 Å². The molecule has 0 saturated carbocycles. The van der Waals surface area contributed by atoms with E-state index in [1.54, 1.807) is 19.1 Å². The molecule has 0 aliphatic carbocycles. The summed E-state index contributed by atoms with van der Waals surface area (Å²) >= 11 is 0. The number of aryl methyl sites for hydroxylation is 1. The van der Waals surface area contributed by atoms with Gasteiger partial charge in [0.1, 0.15) is 0 Å². The lowest BCUT2D eigenvalue weighted by atomic mass is 10.2. The molecule has 0 aromatic heterocycles. The van der Waals surface area contributed by atoms with Crippen LogP contribution in [0.5, 0.6) is 0 Å². The lowest BCUT2D eigenvalue weighted by molar-refractivity contribution is 0.204. The van der Waals surface area contributed by atoms with Crippen molar-refractivity contribution in [1.29, 1.82) is 0 Å². The van der Waals surface area contributed by atoms with Crippen molar-refractivity contribution in [2.24, 2.45) is 0 Å². The molecule has 0 N–H and O–H groups in total. The van der Waals surface area contributed by atoms with E-state index in [4.69, 9.17) is 0 Å². The molecule has 2 saturated heterocycles. The normalized spacial score (nSPS) is 20.3. The molecule has 0 bridgehead atoms. The Balaban J connectivity index is 1.44. The molecule has 7 nitrogen and oxygen atoms in total. The molecule has 0 unspecified atom stereocenters. The standard InChI is InChI=1S/C24H31N3O4S2/c1-21-11-12-23(27-14-5-6-19-32(27,28)29)20-24(21)33(30,31)26-17-15-25(16-18-26)13-7-10-22-8-3-2-4-9-22/h2-4,7-12,20H,5-6,13-19H2,1H3/b10-7+. The lowest BCUT2D eigenvalue weighted by Crippen LogP contribution is -2.48. The Bertz CT molecular complexity index is 1200. The second kappa shape index (κ2) is 9.97. The van der Waals surface area contributed by atoms with Crippen molar-refractivity contribution in [1.82, 2.24) is 9.21 Å². The van der Waals surface area contributed by atoms with E-state index in [1.165, 1.54) is 14.7 Å². The average Bonchev–Trinajstić information content (AvgIpc) is 2.80. The van der Waals surface area contributed by atoms with Gasteiger partial charge in [0.15, 0.2) is 0 Å². The average molecular weight is 490 g/mol. The predicted molar refractivity (Wildman–Crippen MR) is 132 cm³/mol. The van der Waals surface area contributed by atoms with Crippen molar-refractivity contribution in [2.45, 2.75) is 24.7 Å². The number of rotatable bonds is 6. The third-order valence-corrected chi connectivity index (χ3v) is 10.1. The Morgan fingerprint density at radius 1 is 0.939 bits per heavy atom. The maximum Gasteiger partial charge on any atom is 0.243 e. The maximum absolute atomic E-state index is 13.4. The number of anilines is 1. The first-order valence-corrected chi connectivity index (χ1v) is 14.4. The van der Waals surface area contributed by atoms with Gasteiger partial charge in [0.25, 0.3) is 0 Å². The Kier molecular flexibility index (Phi) is 7.23. The van der Waals surface area contributed by atoms with Crippen LogP contribution in [0.2, 0.25) is 0 Å². The van der Waals surface area contributed by atoms with E-state index in [2.05, 4.69) is 17.1 Å². The minimum Gasteiger partial charge on any atom is -0.297 e. The predicted octanol–water partition coefficient (Wildman–Crippen LogP) is 2.94. The summed E-state index contributed by atoms with van der Waals surface area (Å²) in [5.41, 5.74) is 2.20. The summed E-state index contributed by atoms with van der Waals surface area (Å²) in [7, 11) is -7.11. The zero-order valence-electron chi connectivity index (χ0n) is 18.9. The first-order chi connectivity index (χ1) is 15.8. The van der Waals surface area contributed by atoms with Crippen LogP contribution in [-0.4, -0.2) is 71.1 Å². The molecule has 2 aromatic carbocycles. The molecule has 0 radical (unpaired) electrons. The Hall–Kier alpha value is -2.20. The summed E-state index contributed by atoms with van der Waals surface area (Å²) < 4.78 is 54.7. The highest BCUT2D eigenvalue weighted by atomic mass is 32.2. The third-order valence-electron chi connectivity index (χ3n) is 6.23. The van der Waals surface area contributed by atoms with E-state index >= 15 is 0 Å². The van der Waals surface area contributed by atoms with Crippen LogP contribution >= 0.6 is 0 Å². The molecular formula is C24H31N3O4S2. The fourth-order valence-corrected chi connectivity index (χ4v) is 7.59. The van der Waals surface area contributed by atoms with Gasteiger partial charge in [-0.2, -0.15) is 4.31 Å². The Morgan fingerprint density at radius 3 is 2.36 bits per heavy atom. The largest absolute Gasteiger partial charge is 0.297 e. The van der Waals surface area contributed by atoms with Crippen LogP contribution in [0.25, 0.3) is 6.08 Å². The van der Waals surface area contributed by atoms with Crippen molar-refractivity contribution < 1.29 is 16.8 Å². The van der Waals surface area contributed by atoms with Gasteiger partial charge in [0.2, 0.25) is 20.0 Å². The van der Waals surface area contributed by atoms with Crippen LogP contribution < -0.4 is 4.31 Å². The number of sulfonamides is 2. The second-order valence-corrected chi connectivity index (χ2v) is 12.5. The van der Waals surface area contributed by atoms with Gasteiger partial charge >= 0.3 is 0 Å². The SMILES string of the molecule is Cc1ccc(N2CCCCS2(=O)=O)cc1S(=O)(=O)N1CCN(C/C=C/c2ccccc2)CC1. The summed E-state index contributed by atoms with van der Waals surface area (Å²) in [6.45, 7) is 5.03. The van der Waals surface area contributed by atoms with Crippen LogP contribution in [0.1, 0.15) is 24.0 Å². The number of piperazine rings is 1. The first-order valence-electron chi connectivity index (χ1n) is 11.3. The van der Waals surface area contributed by atoms with Crippen molar-refractivity contribution in [2.75, 3.05) is 49.3 Å². The van der Waals surface area contributed by atoms with Crippen molar-refractivity contribution in [3.63, 3.8) is 0 Å². The molecule has 33 heavy (non-hydrogen) atoms. The van der Waals surface area contributed by atoms with Gasteiger partial charge < -0.3 is 0 Å². The first kappa shape index (κ1) is 23.9. The molecule has 0 atom stereocenters. The molecule has 0 spiro atoms. The fraction of sp³-hybridized carbons (Fsp3) is 0.417. The fourth-order valence-electron chi connectivity index (χ4n) is 4.29. The minimum absolute atomic E-state index is 0.101. The van der Waals surface area contributed by atoms with Crippen LogP contribution in [0, 0.1) is 6.92 Å². The zero-order chi connectivity index (χ0) is 23.5. The van der Waals surface area contributed by atoms with E-state index in [0.29, 0.717) is 50.4 Å². The Labute approximate surface area is 197 Å². The monoisotopic (exact) mass is 489 g/mol. The summed E-state index contributed by atoms with van der Waals surface area (Å²) in [4.78, 5) is 2.42. The summed E-state index contributed by atoms with van der Waals surface area (Å²) in [6.07, 6.45) is 5.59. The van der Waals surface area contributed by atoms with Gasteiger partial charge in [-0.3, -0.25) is 9.21 Å². The van der Waals surface area contributed by atoms with Crippen LogP contribution in [0.15, 0.2) is 59.5 Å². The molecule has 4 rings (SSSR count). The highest BCUT2D eigenvalue weighted by molar-refractivity contribution is 7.92. The highest BCUT2D eigenvalue weighted by Crippen LogP contribution is 2.29. The minimum atomic E-state index is -3.71. The number of benzene rings is 2. The van der Waals surface area contributed by atoms with Gasteiger partial charge in [0.05, 0.1) is 16.3 Å². The third kappa shape index (κ3) is 5.48. The molecule has 178 valence electrons. The van der Waals surface area contributed by atoms with Crippen LogP contribution in [0.3, 0.4) is 0 Å². The van der Waals surface area contributed by atoms with E-state index in [-0.39, 0.29) is 10.6 Å². The van der Waals surface area contributed by atoms with E-state index < -0.39 is 20.0 Å². The number of hydrogen-bond acceptors (Lipinski definition) is 5. The van der Waals surface area contributed by atoms with Crippen molar-refractivity contribution >= 4 is 31.8 Å². The molecule has 2 fully saturated rings. The van der Waals surface area contributed by atoms with Gasteiger partial charge in [-0.15, -0.1) is 0 Å². The van der Waals surface area contributed by atoms with E-state index in [1.807, 2.05) is 30.3 Å². The summed E-state index contributed by atoms with van der Waals surface area (Å²) in [6, 6.07) is 15.0. The number of hydrogen-bond donors (Lipinski definition) is 0. The van der Waals surface area contributed by atoms with Crippen LogP contribution in [-0.2, 0) is 20.0 Å². The van der Waals surface area contributed by atoms with E-state index in [0.717, 1.165) is 18.5 Å². The Morgan fingerprint density at radius 2 is 1.67 bits per heavy atom. The topological polar surface area (TPSA) is 78.0 Å². The zero-order valence-corrected chi connectivity index (χ0v) is 20.6. The quantitative estimate of drug-likeness (QED) is 0.624. The molecular weight excluding hydrogens is 458 g/mol. The molecule has 2 aromatic rings. The van der Waals surface area contributed by atoms with E-state index in [9.17, 15) is 16.8 Å². The molecule has 0 amide bonds. The van der Waals surface area contributed by atoms with Crippen molar-refractivity contribution in [3.05, 3.63) is 65.7 Å². The summed E-state index contributed by atoms with van der Waals surface area (Å²) in [5.74, 6) is 0.101. The maximum atomic E-state index is 13.4. The number of nitrogens with zero attached hydrogens (tertiary/aromatic N) is 3. The molecule has 2 heterocycles. The highest BCUT2D eigenvalue weighted by Gasteiger charge is 2.32. The lowest BCUT2D eigenvalue weighted by Gasteiger charge is -2.34. The molecule has 2 aliphatic heterocycles. The van der Waals surface area contributed by atoms with Crippen LogP contribution in [0.4, 0.5) is 5.69 Å². The van der Waals surface area contributed by atoms with Gasteiger partial charge in [-0.25, -0.2) is 16.8 Å². The van der Waals surface area contributed by atoms with Crippen molar-refractivity contribution in [3.8, 4) is 0 Å². The van der Waals surface area contributed by atoms with Gasteiger partial charge in [-0.05, 0) is 43.0 Å².